The molecule has 0 aromatic carbocycles. The molecule has 21 heavy (non-hydrogen) atoms. The minimum absolute atomic E-state index is 0.0186. The maximum Gasteiger partial charge on any atom is 0.0688 e. The predicted octanol–water partition coefficient (Wildman–Crippen LogP) is 2.69. The fourth-order valence-electron chi connectivity index (χ4n) is 2.56. The van der Waals surface area contributed by atoms with Crippen molar-refractivity contribution in [3.63, 3.8) is 0 Å². The van der Waals surface area contributed by atoms with Gasteiger partial charge < -0.3 is 0 Å². The number of nitrogens with zero attached hydrogens (tertiary/aromatic N) is 3. The molecule has 3 N–H and O–H groups in total. The Bertz CT molecular complexity index is 559. The zero-order valence-electron chi connectivity index (χ0n) is 13.1. The first-order chi connectivity index (χ1) is 10.2. The SMILES string of the molecule is CCC(CC)n1ccc(CC(NN)c2cc(C)ccn2)n1. The van der Waals surface area contributed by atoms with Crippen molar-refractivity contribution in [3.05, 3.63) is 47.5 Å². The molecular formula is C16H25N5. The highest BCUT2D eigenvalue weighted by atomic mass is 15.3. The van der Waals surface area contributed by atoms with Crippen LogP contribution in [-0.4, -0.2) is 14.8 Å². The lowest BCUT2D eigenvalue weighted by Crippen LogP contribution is -2.30. The van der Waals surface area contributed by atoms with Gasteiger partial charge >= 0.3 is 0 Å². The summed E-state index contributed by atoms with van der Waals surface area (Å²) < 4.78 is 2.06. The van der Waals surface area contributed by atoms with Gasteiger partial charge in [-0.3, -0.25) is 20.9 Å². The molecule has 0 saturated carbocycles. The quantitative estimate of drug-likeness (QED) is 0.607. The predicted molar refractivity (Wildman–Crippen MR) is 84.6 cm³/mol. The molecule has 0 spiro atoms. The molecule has 2 rings (SSSR count). The molecule has 0 aliphatic heterocycles. The molecule has 5 nitrogen and oxygen atoms in total. The fraction of sp³-hybridized carbons (Fsp3) is 0.500. The van der Waals surface area contributed by atoms with E-state index in [1.807, 2.05) is 12.3 Å². The van der Waals surface area contributed by atoms with Crippen molar-refractivity contribution >= 4 is 0 Å². The molecule has 1 atom stereocenters. The van der Waals surface area contributed by atoms with Crippen LogP contribution in [0, 0.1) is 6.92 Å². The summed E-state index contributed by atoms with van der Waals surface area (Å²) in [7, 11) is 0. The summed E-state index contributed by atoms with van der Waals surface area (Å²) >= 11 is 0. The second-order valence-corrected chi connectivity index (χ2v) is 5.44. The lowest BCUT2D eigenvalue weighted by Gasteiger charge is -2.15. The second kappa shape index (κ2) is 7.33. The largest absolute Gasteiger partial charge is 0.271 e. The van der Waals surface area contributed by atoms with Crippen molar-refractivity contribution in [1.29, 1.82) is 0 Å². The van der Waals surface area contributed by atoms with Crippen molar-refractivity contribution in [2.75, 3.05) is 0 Å². The van der Waals surface area contributed by atoms with Crippen molar-refractivity contribution in [2.24, 2.45) is 5.84 Å². The molecule has 0 aliphatic carbocycles. The normalized spacial score (nSPS) is 12.8. The first kappa shape index (κ1) is 15.7. The van der Waals surface area contributed by atoms with Crippen LogP contribution in [0.4, 0.5) is 0 Å². The van der Waals surface area contributed by atoms with Crippen LogP contribution in [0.5, 0.6) is 0 Å². The number of nitrogens with one attached hydrogen (secondary N) is 1. The first-order valence-electron chi connectivity index (χ1n) is 7.60. The van der Waals surface area contributed by atoms with Gasteiger partial charge in [0.15, 0.2) is 0 Å². The van der Waals surface area contributed by atoms with Crippen molar-refractivity contribution in [1.82, 2.24) is 20.2 Å². The van der Waals surface area contributed by atoms with E-state index < -0.39 is 0 Å². The number of pyridine rings is 1. The highest BCUT2D eigenvalue weighted by Crippen LogP contribution is 2.18. The summed E-state index contributed by atoms with van der Waals surface area (Å²) in [5.41, 5.74) is 6.02. The summed E-state index contributed by atoms with van der Waals surface area (Å²) in [6.07, 6.45) is 6.80. The Morgan fingerprint density at radius 2 is 2.05 bits per heavy atom. The summed E-state index contributed by atoms with van der Waals surface area (Å²) in [5, 5.41) is 4.68. The van der Waals surface area contributed by atoms with E-state index in [-0.39, 0.29) is 6.04 Å². The number of aromatic nitrogens is 3. The highest BCUT2D eigenvalue weighted by molar-refractivity contribution is 5.19. The molecule has 0 amide bonds. The number of rotatable bonds is 7. The van der Waals surface area contributed by atoms with E-state index in [2.05, 4.69) is 59.3 Å². The molecule has 0 radical (unpaired) electrons. The standard InChI is InChI=1S/C16H25N5/c1-4-14(5-2)21-9-7-13(20-21)11-16(19-17)15-10-12(3)6-8-18-15/h6-10,14,16,19H,4-5,11,17H2,1-3H3. The number of nitrogens with two attached hydrogens (primary N) is 1. The van der Waals surface area contributed by atoms with E-state index in [4.69, 9.17) is 5.84 Å². The number of hydrogen-bond acceptors (Lipinski definition) is 4. The van der Waals surface area contributed by atoms with Gasteiger partial charge in [0.25, 0.3) is 0 Å². The molecule has 0 aliphatic rings. The van der Waals surface area contributed by atoms with Crippen LogP contribution in [0.2, 0.25) is 0 Å². The van der Waals surface area contributed by atoms with Gasteiger partial charge in [0.1, 0.15) is 0 Å². The Morgan fingerprint density at radius 3 is 2.67 bits per heavy atom. The number of aryl methyl sites for hydroxylation is 1. The average molecular weight is 287 g/mol. The van der Waals surface area contributed by atoms with Crippen molar-refractivity contribution in [3.8, 4) is 0 Å². The first-order valence-corrected chi connectivity index (χ1v) is 7.60. The summed E-state index contributed by atoms with van der Waals surface area (Å²) in [6.45, 7) is 6.44. The minimum atomic E-state index is -0.0186. The third-order valence-corrected chi connectivity index (χ3v) is 3.89. The molecule has 2 aromatic rings. The molecule has 0 fully saturated rings. The number of hydrogen-bond donors (Lipinski definition) is 2. The summed E-state index contributed by atoms with van der Waals surface area (Å²) in [5.74, 6) is 5.70. The maximum atomic E-state index is 5.70. The monoisotopic (exact) mass is 287 g/mol. The summed E-state index contributed by atoms with van der Waals surface area (Å²) in [6, 6.07) is 6.56. The van der Waals surface area contributed by atoms with Crippen LogP contribution in [-0.2, 0) is 6.42 Å². The zero-order valence-corrected chi connectivity index (χ0v) is 13.1. The van der Waals surface area contributed by atoms with Gasteiger partial charge in [0.2, 0.25) is 0 Å². The molecule has 2 aromatic heterocycles. The van der Waals surface area contributed by atoms with Crippen LogP contribution in [0.15, 0.2) is 30.6 Å². The molecule has 0 saturated heterocycles. The third-order valence-electron chi connectivity index (χ3n) is 3.89. The minimum Gasteiger partial charge on any atom is -0.271 e. The van der Waals surface area contributed by atoms with Crippen LogP contribution in [0.3, 0.4) is 0 Å². The summed E-state index contributed by atoms with van der Waals surface area (Å²) in [4.78, 5) is 4.40. The lowest BCUT2D eigenvalue weighted by atomic mass is 10.1. The molecule has 0 bridgehead atoms. The third kappa shape index (κ3) is 3.89. The Labute approximate surface area is 126 Å². The molecule has 1 unspecified atom stereocenters. The van der Waals surface area contributed by atoms with E-state index in [1.165, 1.54) is 5.56 Å². The van der Waals surface area contributed by atoms with Gasteiger partial charge in [0, 0.05) is 18.8 Å². The lowest BCUT2D eigenvalue weighted by molar-refractivity contribution is 0.422. The maximum absolute atomic E-state index is 5.70. The molecule has 5 heteroatoms. The van der Waals surface area contributed by atoms with Gasteiger partial charge in [0.05, 0.1) is 23.5 Å². The van der Waals surface area contributed by atoms with Crippen LogP contribution < -0.4 is 11.3 Å². The molecule has 114 valence electrons. The second-order valence-electron chi connectivity index (χ2n) is 5.44. The van der Waals surface area contributed by atoms with Gasteiger partial charge in [-0.15, -0.1) is 0 Å². The Morgan fingerprint density at radius 1 is 1.29 bits per heavy atom. The highest BCUT2D eigenvalue weighted by Gasteiger charge is 2.15. The zero-order chi connectivity index (χ0) is 15.2. The van der Waals surface area contributed by atoms with Crippen LogP contribution in [0.25, 0.3) is 0 Å². The van der Waals surface area contributed by atoms with Crippen LogP contribution in [0.1, 0.15) is 55.7 Å². The van der Waals surface area contributed by atoms with Crippen LogP contribution >= 0.6 is 0 Å². The Hall–Kier alpha value is -1.72. The van der Waals surface area contributed by atoms with Gasteiger partial charge in [-0.1, -0.05) is 13.8 Å². The molecule has 2 heterocycles. The topological polar surface area (TPSA) is 68.8 Å². The number of hydrazine groups is 1. The van der Waals surface area contributed by atoms with E-state index in [0.29, 0.717) is 6.04 Å². The van der Waals surface area contributed by atoms with Gasteiger partial charge in [-0.2, -0.15) is 5.10 Å². The van der Waals surface area contributed by atoms with E-state index in [0.717, 1.165) is 30.7 Å². The molecular weight excluding hydrogens is 262 g/mol. The van der Waals surface area contributed by atoms with E-state index >= 15 is 0 Å². The average Bonchev–Trinajstić information content (AvgIpc) is 2.94. The van der Waals surface area contributed by atoms with Crippen molar-refractivity contribution in [2.45, 2.75) is 52.1 Å². The smallest absolute Gasteiger partial charge is 0.0688 e. The van der Waals surface area contributed by atoms with Gasteiger partial charge in [-0.25, -0.2) is 0 Å². The van der Waals surface area contributed by atoms with E-state index in [9.17, 15) is 0 Å². The van der Waals surface area contributed by atoms with Crippen molar-refractivity contribution < 1.29 is 0 Å². The fourth-order valence-corrected chi connectivity index (χ4v) is 2.56. The van der Waals surface area contributed by atoms with E-state index in [1.54, 1.807) is 0 Å². The van der Waals surface area contributed by atoms with Gasteiger partial charge in [-0.05, 0) is 43.5 Å². The Balaban J connectivity index is 2.12. The Kier molecular flexibility index (Phi) is 5.47.